The normalized spacial score (nSPS) is 14.3. The predicted octanol–water partition coefficient (Wildman–Crippen LogP) is 3.04. The minimum Gasteiger partial charge on any atom is -0.484 e. The van der Waals surface area contributed by atoms with Crippen molar-refractivity contribution < 1.29 is 9.53 Å². The Hall–Kier alpha value is -2.37. The molecule has 146 valence electrons. The Kier molecular flexibility index (Phi) is 6.14. The number of carbonyl (C=O) groups excluding carboxylic acids is 1. The third kappa shape index (κ3) is 5.31. The maximum atomic E-state index is 12.0. The van der Waals surface area contributed by atoms with Crippen LogP contribution in [0.2, 0.25) is 0 Å². The summed E-state index contributed by atoms with van der Waals surface area (Å²) in [4.78, 5) is 12.0. The number of aromatic nitrogens is 3. The molecule has 1 aliphatic heterocycles. The molecule has 0 fully saturated rings. The Balaban J connectivity index is 1.42. The van der Waals surface area contributed by atoms with E-state index in [0.29, 0.717) is 18.7 Å². The molecule has 1 aromatic heterocycles. The number of carbonyl (C=O) groups is 1. The summed E-state index contributed by atoms with van der Waals surface area (Å²) in [5.41, 5.74) is 1.35. The fourth-order valence-corrected chi connectivity index (χ4v) is 3.30. The van der Waals surface area contributed by atoms with Gasteiger partial charge in [-0.2, -0.15) is 0 Å². The van der Waals surface area contributed by atoms with Gasteiger partial charge in [0, 0.05) is 25.9 Å². The van der Waals surface area contributed by atoms with Crippen molar-refractivity contribution in [1.82, 2.24) is 20.1 Å². The van der Waals surface area contributed by atoms with Gasteiger partial charge in [-0.25, -0.2) is 0 Å². The fraction of sp³-hybridized carbons (Fsp3) is 0.571. The number of rotatable bonds is 6. The highest BCUT2D eigenvalue weighted by molar-refractivity contribution is 5.77. The lowest BCUT2D eigenvalue weighted by atomic mass is 9.87. The molecule has 0 saturated heterocycles. The molecule has 1 amide bonds. The summed E-state index contributed by atoms with van der Waals surface area (Å²) in [6.45, 7) is 8.06. The highest BCUT2D eigenvalue weighted by atomic mass is 16.5. The molecule has 2 aromatic rings. The Morgan fingerprint density at radius 1 is 1.15 bits per heavy atom. The van der Waals surface area contributed by atoms with Gasteiger partial charge in [0.15, 0.2) is 6.61 Å². The zero-order valence-corrected chi connectivity index (χ0v) is 16.6. The molecule has 6 heteroatoms. The Labute approximate surface area is 161 Å². The van der Waals surface area contributed by atoms with Crippen molar-refractivity contribution in [1.29, 1.82) is 0 Å². The number of amides is 1. The summed E-state index contributed by atoms with van der Waals surface area (Å²) >= 11 is 0. The average molecular weight is 370 g/mol. The highest BCUT2D eigenvalue weighted by Crippen LogP contribution is 2.24. The molecular weight excluding hydrogens is 340 g/mol. The number of benzene rings is 1. The molecule has 0 aliphatic carbocycles. The van der Waals surface area contributed by atoms with Crippen molar-refractivity contribution in [2.75, 3.05) is 13.2 Å². The zero-order valence-electron chi connectivity index (χ0n) is 16.6. The molecular formula is C21H30N4O2. The SMILES string of the molecule is CC(C)(C)c1ccc(OCC(=O)NCCc2nnc3n2CCCCC3)cc1. The standard InChI is InChI=1S/C21H30N4O2/c1-21(2,3)16-8-10-17(11-9-16)27-15-20(26)22-13-12-19-24-23-18-7-5-4-6-14-25(18)19/h8-11H,4-7,12-15H2,1-3H3,(H,22,26). The van der Waals surface area contributed by atoms with Crippen LogP contribution < -0.4 is 10.1 Å². The Bertz CT molecular complexity index is 759. The summed E-state index contributed by atoms with van der Waals surface area (Å²) in [6, 6.07) is 7.92. The molecule has 3 rings (SSSR count). The van der Waals surface area contributed by atoms with Crippen molar-refractivity contribution >= 4 is 5.91 Å². The second-order valence-corrected chi connectivity index (χ2v) is 8.16. The number of fused-ring (bicyclic) bond motifs is 1. The second-order valence-electron chi connectivity index (χ2n) is 8.16. The second kappa shape index (κ2) is 8.55. The van der Waals surface area contributed by atoms with Gasteiger partial charge in [0.25, 0.3) is 5.91 Å². The molecule has 2 heterocycles. The van der Waals surface area contributed by atoms with E-state index in [9.17, 15) is 4.79 Å². The maximum absolute atomic E-state index is 12.0. The molecule has 0 saturated carbocycles. The fourth-order valence-electron chi connectivity index (χ4n) is 3.30. The molecule has 0 radical (unpaired) electrons. The van der Waals surface area contributed by atoms with Crippen molar-refractivity contribution in [3.8, 4) is 5.75 Å². The van der Waals surface area contributed by atoms with Gasteiger partial charge in [0.1, 0.15) is 17.4 Å². The average Bonchev–Trinajstić information content (AvgIpc) is 2.86. The largest absolute Gasteiger partial charge is 0.484 e. The van der Waals surface area contributed by atoms with Crippen LogP contribution in [-0.2, 0) is 29.6 Å². The van der Waals surface area contributed by atoms with Crippen molar-refractivity contribution in [2.24, 2.45) is 0 Å². The highest BCUT2D eigenvalue weighted by Gasteiger charge is 2.15. The molecule has 0 unspecified atom stereocenters. The summed E-state index contributed by atoms with van der Waals surface area (Å²) < 4.78 is 7.80. The number of nitrogens with one attached hydrogen (secondary N) is 1. The van der Waals surface area contributed by atoms with E-state index in [1.807, 2.05) is 24.3 Å². The van der Waals surface area contributed by atoms with Gasteiger partial charge in [-0.1, -0.05) is 39.3 Å². The summed E-state index contributed by atoms with van der Waals surface area (Å²) in [6.07, 6.45) is 5.29. The quantitative estimate of drug-likeness (QED) is 0.849. The molecule has 0 bridgehead atoms. The van der Waals surface area contributed by atoms with Gasteiger partial charge in [-0.3, -0.25) is 4.79 Å². The minimum absolute atomic E-state index is 0.0206. The van der Waals surface area contributed by atoms with E-state index in [-0.39, 0.29) is 17.9 Å². The zero-order chi connectivity index (χ0) is 19.3. The van der Waals surface area contributed by atoms with Gasteiger partial charge in [0.05, 0.1) is 0 Å². The van der Waals surface area contributed by atoms with Crippen LogP contribution in [0.3, 0.4) is 0 Å². The summed E-state index contributed by atoms with van der Waals surface area (Å²) in [5, 5.41) is 11.5. The van der Waals surface area contributed by atoms with E-state index < -0.39 is 0 Å². The summed E-state index contributed by atoms with van der Waals surface area (Å²) in [7, 11) is 0. The van der Waals surface area contributed by atoms with Gasteiger partial charge in [-0.05, 0) is 36.0 Å². The lowest BCUT2D eigenvalue weighted by molar-refractivity contribution is -0.123. The third-order valence-electron chi connectivity index (χ3n) is 4.95. The van der Waals surface area contributed by atoms with E-state index in [4.69, 9.17) is 4.74 Å². The first kappa shape index (κ1) is 19.4. The number of hydrogen-bond donors (Lipinski definition) is 1. The number of aryl methyl sites for hydroxylation is 1. The topological polar surface area (TPSA) is 69.0 Å². The number of nitrogens with zero attached hydrogens (tertiary/aromatic N) is 3. The molecule has 0 atom stereocenters. The molecule has 6 nitrogen and oxygen atoms in total. The van der Waals surface area contributed by atoms with Crippen LogP contribution in [0.25, 0.3) is 0 Å². The van der Waals surface area contributed by atoms with E-state index in [2.05, 4.69) is 40.9 Å². The van der Waals surface area contributed by atoms with Crippen molar-refractivity contribution in [2.45, 2.75) is 64.8 Å². The van der Waals surface area contributed by atoms with Crippen molar-refractivity contribution in [3.63, 3.8) is 0 Å². The van der Waals surface area contributed by atoms with Crippen LogP contribution in [-0.4, -0.2) is 33.8 Å². The predicted molar refractivity (Wildman–Crippen MR) is 105 cm³/mol. The van der Waals surface area contributed by atoms with E-state index >= 15 is 0 Å². The molecule has 0 spiro atoms. The monoisotopic (exact) mass is 370 g/mol. The molecule has 27 heavy (non-hydrogen) atoms. The first-order valence-corrected chi connectivity index (χ1v) is 9.84. The smallest absolute Gasteiger partial charge is 0.257 e. The Morgan fingerprint density at radius 2 is 1.93 bits per heavy atom. The van der Waals surface area contributed by atoms with Crippen LogP contribution in [0.15, 0.2) is 24.3 Å². The first-order chi connectivity index (χ1) is 12.9. The molecule has 1 N–H and O–H groups in total. The maximum Gasteiger partial charge on any atom is 0.257 e. The third-order valence-corrected chi connectivity index (χ3v) is 4.95. The lowest BCUT2D eigenvalue weighted by Gasteiger charge is -2.19. The van der Waals surface area contributed by atoms with Crippen LogP contribution in [0.5, 0.6) is 5.75 Å². The number of hydrogen-bond acceptors (Lipinski definition) is 4. The van der Waals surface area contributed by atoms with Crippen LogP contribution >= 0.6 is 0 Å². The molecule has 1 aromatic carbocycles. The van der Waals surface area contributed by atoms with Gasteiger partial charge >= 0.3 is 0 Å². The first-order valence-electron chi connectivity index (χ1n) is 9.84. The van der Waals surface area contributed by atoms with Gasteiger partial charge < -0.3 is 14.6 Å². The van der Waals surface area contributed by atoms with E-state index in [1.165, 1.54) is 24.8 Å². The minimum atomic E-state index is -0.120. The van der Waals surface area contributed by atoms with E-state index in [1.54, 1.807) is 0 Å². The van der Waals surface area contributed by atoms with E-state index in [0.717, 1.165) is 24.6 Å². The number of ether oxygens (including phenoxy) is 1. The van der Waals surface area contributed by atoms with Crippen LogP contribution in [0.4, 0.5) is 0 Å². The van der Waals surface area contributed by atoms with Crippen molar-refractivity contribution in [3.05, 3.63) is 41.5 Å². The van der Waals surface area contributed by atoms with Crippen LogP contribution in [0.1, 0.15) is 57.2 Å². The van der Waals surface area contributed by atoms with Crippen LogP contribution in [0, 0.1) is 0 Å². The Morgan fingerprint density at radius 3 is 2.67 bits per heavy atom. The molecule has 1 aliphatic rings. The van der Waals surface area contributed by atoms with Gasteiger partial charge in [0.2, 0.25) is 0 Å². The van der Waals surface area contributed by atoms with Gasteiger partial charge in [-0.15, -0.1) is 10.2 Å². The summed E-state index contributed by atoms with van der Waals surface area (Å²) in [5.74, 6) is 2.63. The lowest BCUT2D eigenvalue weighted by Crippen LogP contribution is -2.31.